The molecule has 5 atom stereocenters. The largest absolute Gasteiger partial charge is 0.481 e. The first-order valence-electron chi connectivity index (χ1n) is 14.7. The third-order valence-corrected chi connectivity index (χ3v) is 7.02. The summed E-state index contributed by atoms with van der Waals surface area (Å²) in [5.74, 6) is -5.37. The maximum Gasteiger partial charge on any atom is 0.303 e. The third-order valence-electron chi connectivity index (χ3n) is 7.02. The standard InChI is InChI=1S/C27H48N8O8/c1-15(2)22(23(30)39)35-27(43)19(10-12-21(37)38)34-25(41)17(8-4-6-14-29)32-24(40)16(7-3-5-13-28)33-26(42)18-9-11-20(36)31-18/h15-19,22H,3-14,28-29H2,1-2H3,(H2,30,39)(H,31,36)(H,32,40)(H,33,42)(H,34,41)(H,35,43)(H,37,38)/t16-,17-,18?,19?,22-/m0/s1. The first kappa shape index (κ1) is 37.2. The van der Waals surface area contributed by atoms with Crippen LogP contribution in [0.5, 0.6) is 0 Å². The van der Waals surface area contributed by atoms with Gasteiger partial charge in [-0.3, -0.25) is 33.6 Å². The molecule has 1 aliphatic heterocycles. The molecule has 1 saturated heterocycles. The van der Waals surface area contributed by atoms with Crippen LogP contribution in [0.1, 0.15) is 78.1 Å². The minimum Gasteiger partial charge on any atom is -0.481 e. The molecule has 12 N–H and O–H groups in total. The van der Waals surface area contributed by atoms with Crippen LogP contribution in [-0.2, 0) is 33.6 Å². The van der Waals surface area contributed by atoms with Gasteiger partial charge in [0.25, 0.3) is 0 Å². The Bertz CT molecular complexity index is 992. The number of unbranched alkanes of at least 4 members (excludes halogenated alkanes) is 2. The van der Waals surface area contributed by atoms with E-state index < -0.39 is 72.1 Å². The Morgan fingerprint density at radius 2 is 1.30 bits per heavy atom. The van der Waals surface area contributed by atoms with Crippen LogP contribution in [0.4, 0.5) is 0 Å². The first-order valence-corrected chi connectivity index (χ1v) is 14.7. The van der Waals surface area contributed by atoms with Gasteiger partial charge in [-0.15, -0.1) is 0 Å². The van der Waals surface area contributed by atoms with Crippen molar-refractivity contribution in [3.63, 3.8) is 0 Å². The summed E-state index contributed by atoms with van der Waals surface area (Å²) in [5.41, 5.74) is 16.6. The van der Waals surface area contributed by atoms with Gasteiger partial charge in [0.05, 0.1) is 0 Å². The molecule has 0 radical (unpaired) electrons. The highest BCUT2D eigenvalue weighted by Gasteiger charge is 2.33. The molecule has 1 heterocycles. The van der Waals surface area contributed by atoms with E-state index in [1.165, 1.54) is 0 Å². The van der Waals surface area contributed by atoms with Crippen LogP contribution in [0.15, 0.2) is 0 Å². The van der Waals surface area contributed by atoms with Crippen molar-refractivity contribution in [2.75, 3.05) is 13.1 Å². The fourth-order valence-electron chi connectivity index (χ4n) is 4.51. The smallest absolute Gasteiger partial charge is 0.303 e. The minimum absolute atomic E-state index is 0.139. The molecule has 0 bridgehead atoms. The molecule has 2 unspecified atom stereocenters. The van der Waals surface area contributed by atoms with Crippen molar-refractivity contribution in [1.82, 2.24) is 26.6 Å². The molecule has 43 heavy (non-hydrogen) atoms. The molecule has 16 heteroatoms. The maximum atomic E-state index is 13.4. The molecule has 1 rings (SSSR count). The van der Waals surface area contributed by atoms with Gasteiger partial charge in [0.15, 0.2) is 0 Å². The van der Waals surface area contributed by atoms with E-state index in [2.05, 4.69) is 26.6 Å². The molecule has 1 aliphatic rings. The second-order valence-electron chi connectivity index (χ2n) is 11.0. The van der Waals surface area contributed by atoms with Crippen molar-refractivity contribution in [2.45, 2.75) is 108 Å². The van der Waals surface area contributed by atoms with E-state index in [-0.39, 0.29) is 37.5 Å². The van der Waals surface area contributed by atoms with Crippen LogP contribution in [0.2, 0.25) is 0 Å². The molecule has 0 aromatic heterocycles. The van der Waals surface area contributed by atoms with Gasteiger partial charge in [-0.05, 0) is 70.4 Å². The Labute approximate surface area is 251 Å². The molecule has 0 aromatic carbocycles. The Hall–Kier alpha value is -3.79. The Morgan fingerprint density at radius 3 is 1.72 bits per heavy atom. The summed E-state index contributed by atoms with van der Waals surface area (Å²) in [5, 5.41) is 22.0. The molecular weight excluding hydrogens is 564 g/mol. The van der Waals surface area contributed by atoms with E-state index in [9.17, 15) is 38.7 Å². The van der Waals surface area contributed by atoms with Crippen LogP contribution in [0.3, 0.4) is 0 Å². The number of carbonyl (C=O) groups excluding carboxylic acids is 6. The van der Waals surface area contributed by atoms with Crippen LogP contribution >= 0.6 is 0 Å². The number of hydrogen-bond donors (Lipinski definition) is 9. The van der Waals surface area contributed by atoms with Crippen LogP contribution in [0.25, 0.3) is 0 Å². The topological polar surface area (TPSA) is 278 Å². The molecular formula is C27H48N8O8. The molecule has 16 nitrogen and oxygen atoms in total. The van der Waals surface area contributed by atoms with Crippen molar-refractivity contribution in [2.24, 2.45) is 23.1 Å². The predicted molar refractivity (Wildman–Crippen MR) is 156 cm³/mol. The molecule has 0 spiro atoms. The normalized spacial score (nSPS) is 17.2. The number of carboxylic acids is 1. The highest BCUT2D eigenvalue weighted by Crippen LogP contribution is 2.11. The summed E-state index contributed by atoms with van der Waals surface area (Å²) in [6, 6.07) is -5.36. The van der Waals surface area contributed by atoms with E-state index in [0.29, 0.717) is 45.2 Å². The number of carbonyl (C=O) groups is 7. The van der Waals surface area contributed by atoms with Crippen LogP contribution < -0.4 is 43.8 Å². The van der Waals surface area contributed by atoms with Crippen molar-refractivity contribution in [3.05, 3.63) is 0 Å². The zero-order chi connectivity index (χ0) is 32.5. The maximum absolute atomic E-state index is 13.4. The fourth-order valence-corrected chi connectivity index (χ4v) is 4.51. The number of nitrogens with one attached hydrogen (secondary N) is 5. The lowest BCUT2D eigenvalue weighted by molar-refractivity contribution is -0.138. The average Bonchev–Trinajstić information content (AvgIpc) is 3.38. The zero-order valence-electron chi connectivity index (χ0n) is 25.0. The Kier molecular flexibility index (Phi) is 16.8. The number of amides is 6. The second kappa shape index (κ2) is 19.4. The van der Waals surface area contributed by atoms with Gasteiger partial charge in [-0.25, -0.2) is 0 Å². The first-order chi connectivity index (χ1) is 20.3. The van der Waals surface area contributed by atoms with E-state index in [0.717, 1.165) is 0 Å². The molecule has 0 aromatic rings. The fraction of sp³-hybridized carbons (Fsp3) is 0.741. The SMILES string of the molecule is CC(C)[C@H](NC(=O)C(CCC(=O)O)NC(=O)[C@H](CCCCN)NC(=O)[C@H](CCCCN)NC(=O)C1CCC(=O)N1)C(N)=O. The predicted octanol–water partition coefficient (Wildman–Crippen LogP) is -2.53. The van der Waals surface area contributed by atoms with Crippen LogP contribution in [0, 0.1) is 5.92 Å². The summed E-state index contributed by atoms with van der Waals surface area (Å²) in [6.07, 6.45) is 2.17. The van der Waals surface area contributed by atoms with E-state index >= 15 is 0 Å². The van der Waals surface area contributed by atoms with Gasteiger partial charge >= 0.3 is 5.97 Å². The summed E-state index contributed by atoms with van der Waals surface area (Å²) in [6.45, 7) is 4.03. The lowest BCUT2D eigenvalue weighted by atomic mass is 10.0. The lowest BCUT2D eigenvalue weighted by Gasteiger charge is -2.27. The molecule has 0 saturated carbocycles. The van der Waals surface area contributed by atoms with Gasteiger partial charge in [0.2, 0.25) is 35.4 Å². The quantitative estimate of drug-likeness (QED) is 0.0613. The number of primary amides is 1. The van der Waals surface area contributed by atoms with Gasteiger partial charge in [-0.2, -0.15) is 0 Å². The summed E-state index contributed by atoms with van der Waals surface area (Å²) < 4.78 is 0. The van der Waals surface area contributed by atoms with E-state index in [1.54, 1.807) is 13.8 Å². The van der Waals surface area contributed by atoms with Crippen molar-refractivity contribution < 1.29 is 38.7 Å². The Balaban J connectivity index is 3.13. The number of rotatable bonds is 21. The number of aliphatic carboxylic acids is 1. The molecule has 6 amide bonds. The highest BCUT2D eigenvalue weighted by atomic mass is 16.4. The third kappa shape index (κ3) is 13.8. The van der Waals surface area contributed by atoms with Crippen molar-refractivity contribution in [3.8, 4) is 0 Å². The number of hydrogen-bond acceptors (Lipinski definition) is 9. The molecule has 0 aliphatic carbocycles. The summed E-state index contributed by atoms with van der Waals surface area (Å²) in [4.78, 5) is 87.2. The minimum atomic E-state index is -1.34. The molecule has 1 fully saturated rings. The number of carboxylic acid groups (broad SMARTS) is 1. The van der Waals surface area contributed by atoms with Gasteiger partial charge in [0, 0.05) is 12.8 Å². The summed E-state index contributed by atoms with van der Waals surface area (Å²) >= 11 is 0. The van der Waals surface area contributed by atoms with Crippen molar-refractivity contribution >= 4 is 41.4 Å². The monoisotopic (exact) mass is 612 g/mol. The van der Waals surface area contributed by atoms with E-state index in [4.69, 9.17) is 17.2 Å². The molecule has 244 valence electrons. The van der Waals surface area contributed by atoms with E-state index in [1.807, 2.05) is 0 Å². The van der Waals surface area contributed by atoms with Gasteiger partial charge < -0.3 is 48.9 Å². The van der Waals surface area contributed by atoms with Gasteiger partial charge in [-0.1, -0.05) is 13.8 Å². The number of nitrogens with two attached hydrogens (primary N) is 3. The second-order valence-corrected chi connectivity index (χ2v) is 11.0. The lowest BCUT2D eigenvalue weighted by Crippen LogP contribution is -2.59. The summed E-state index contributed by atoms with van der Waals surface area (Å²) in [7, 11) is 0. The highest BCUT2D eigenvalue weighted by molar-refractivity contribution is 5.97. The van der Waals surface area contributed by atoms with Gasteiger partial charge in [0.1, 0.15) is 30.2 Å². The zero-order valence-corrected chi connectivity index (χ0v) is 25.0. The average molecular weight is 613 g/mol. The Morgan fingerprint density at radius 1 is 0.814 bits per heavy atom. The van der Waals surface area contributed by atoms with Crippen molar-refractivity contribution in [1.29, 1.82) is 0 Å². The van der Waals surface area contributed by atoms with Crippen LogP contribution in [-0.4, -0.2) is 89.8 Å².